The number of benzene rings is 1. The average Bonchev–Trinajstić information content (AvgIpc) is 3.16. The number of aromatic nitrogens is 3. The molecule has 0 spiro atoms. The summed E-state index contributed by atoms with van der Waals surface area (Å²) in [5.74, 6) is 0.458. The second-order valence-corrected chi connectivity index (χ2v) is 8.99. The highest BCUT2D eigenvalue weighted by Crippen LogP contribution is 2.26. The first-order chi connectivity index (χ1) is 12.8. The number of nitrogens with zero attached hydrogens (tertiary/aromatic N) is 4. The lowest BCUT2D eigenvalue weighted by atomic mass is 9.97. The van der Waals surface area contributed by atoms with Crippen molar-refractivity contribution in [3.63, 3.8) is 0 Å². The van der Waals surface area contributed by atoms with Gasteiger partial charge in [-0.3, -0.25) is 9.89 Å². The van der Waals surface area contributed by atoms with Crippen LogP contribution in [0.5, 0.6) is 0 Å². The molecule has 9 heteroatoms. The zero-order valence-electron chi connectivity index (χ0n) is 15.8. The molecule has 1 aromatic carbocycles. The van der Waals surface area contributed by atoms with E-state index in [4.69, 9.17) is 0 Å². The molecule has 146 valence electrons. The van der Waals surface area contributed by atoms with Gasteiger partial charge in [0.1, 0.15) is 12.2 Å². The van der Waals surface area contributed by atoms with Gasteiger partial charge in [0, 0.05) is 26.1 Å². The van der Waals surface area contributed by atoms with Crippen LogP contribution in [0.25, 0.3) is 0 Å². The summed E-state index contributed by atoms with van der Waals surface area (Å²) in [4.78, 5) is 18.6. The molecule has 0 unspecified atom stereocenters. The zero-order chi connectivity index (χ0) is 19.6. The number of nitrogens with one attached hydrogen (secondary N) is 1. The van der Waals surface area contributed by atoms with Crippen LogP contribution in [0.3, 0.4) is 0 Å². The lowest BCUT2D eigenvalue weighted by Crippen LogP contribution is -2.43. The predicted octanol–water partition coefficient (Wildman–Crippen LogP) is 1.48. The summed E-state index contributed by atoms with van der Waals surface area (Å²) in [6.45, 7) is 4.92. The zero-order valence-corrected chi connectivity index (χ0v) is 16.7. The van der Waals surface area contributed by atoms with Crippen molar-refractivity contribution in [3.8, 4) is 0 Å². The molecule has 1 aromatic heterocycles. The molecule has 2 aromatic rings. The number of aromatic amines is 1. The highest BCUT2D eigenvalue weighted by Gasteiger charge is 2.33. The smallest absolute Gasteiger partial charge is 0.243 e. The van der Waals surface area contributed by atoms with Crippen molar-refractivity contribution in [2.45, 2.75) is 38.1 Å². The fourth-order valence-corrected chi connectivity index (χ4v) is 4.84. The lowest BCUT2D eigenvalue weighted by molar-refractivity contribution is -0.136. The van der Waals surface area contributed by atoms with Crippen LogP contribution < -0.4 is 0 Å². The van der Waals surface area contributed by atoms with Crippen LogP contribution in [0.1, 0.15) is 29.8 Å². The quantitative estimate of drug-likeness (QED) is 0.832. The Labute approximate surface area is 159 Å². The Morgan fingerprint density at radius 3 is 2.56 bits per heavy atom. The minimum absolute atomic E-state index is 0.00892. The van der Waals surface area contributed by atoms with Crippen LogP contribution in [0.2, 0.25) is 0 Å². The van der Waals surface area contributed by atoms with E-state index in [0.29, 0.717) is 43.2 Å². The Balaban J connectivity index is 1.62. The van der Waals surface area contributed by atoms with Crippen molar-refractivity contribution in [1.29, 1.82) is 0 Å². The SMILES string of the molecule is Cc1ccc(S(=O)(=O)N2CCC(C(=O)N(C)Cc3ncn[nH]3)CC2)cc1C. The molecule has 0 radical (unpaired) electrons. The Bertz CT molecular complexity index is 903. The molecule has 1 aliphatic heterocycles. The number of rotatable bonds is 5. The Kier molecular flexibility index (Phi) is 5.61. The number of hydrogen-bond donors (Lipinski definition) is 1. The van der Waals surface area contributed by atoms with Crippen molar-refractivity contribution >= 4 is 15.9 Å². The molecular weight excluding hydrogens is 366 g/mol. The molecule has 1 amide bonds. The van der Waals surface area contributed by atoms with Crippen LogP contribution in [0, 0.1) is 19.8 Å². The van der Waals surface area contributed by atoms with E-state index in [1.54, 1.807) is 24.1 Å². The number of H-pyrrole nitrogens is 1. The van der Waals surface area contributed by atoms with E-state index >= 15 is 0 Å². The summed E-state index contributed by atoms with van der Waals surface area (Å²) in [6, 6.07) is 5.20. The molecule has 3 rings (SSSR count). The van der Waals surface area contributed by atoms with Gasteiger partial charge in [0.25, 0.3) is 0 Å². The second kappa shape index (κ2) is 7.77. The van der Waals surface area contributed by atoms with Gasteiger partial charge in [0.15, 0.2) is 0 Å². The fourth-order valence-electron chi connectivity index (χ4n) is 3.29. The molecule has 1 aliphatic rings. The van der Waals surface area contributed by atoms with E-state index in [0.717, 1.165) is 11.1 Å². The van der Waals surface area contributed by atoms with E-state index in [-0.39, 0.29) is 11.8 Å². The predicted molar refractivity (Wildman–Crippen MR) is 100 cm³/mol. The van der Waals surface area contributed by atoms with Crippen molar-refractivity contribution < 1.29 is 13.2 Å². The summed E-state index contributed by atoms with van der Waals surface area (Å²) in [6.07, 6.45) is 2.44. The van der Waals surface area contributed by atoms with Gasteiger partial charge >= 0.3 is 0 Å². The lowest BCUT2D eigenvalue weighted by Gasteiger charge is -2.32. The van der Waals surface area contributed by atoms with Gasteiger partial charge in [-0.15, -0.1) is 0 Å². The summed E-state index contributed by atoms with van der Waals surface area (Å²) >= 11 is 0. The molecule has 27 heavy (non-hydrogen) atoms. The normalized spacial score (nSPS) is 16.4. The second-order valence-electron chi connectivity index (χ2n) is 7.05. The third-order valence-corrected chi connectivity index (χ3v) is 7.04. The Hall–Kier alpha value is -2.26. The van der Waals surface area contributed by atoms with Crippen molar-refractivity contribution in [3.05, 3.63) is 41.5 Å². The third-order valence-electron chi connectivity index (χ3n) is 5.15. The number of amides is 1. The minimum atomic E-state index is -3.53. The van der Waals surface area contributed by atoms with Gasteiger partial charge in [-0.1, -0.05) is 6.07 Å². The first-order valence-corrected chi connectivity index (χ1v) is 10.4. The van der Waals surface area contributed by atoms with Gasteiger partial charge in [0.2, 0.25) is 15.9 Å². The van der Waals surface area contributed by atoms with Crippen LogP contribution in [0.4, 0.5) is 0 Å². The molecule has 1 saturated heterocycles. The van der Waals surface area contributed by atoms with Gasteiger partial charge in [-0.05, 0) is 49.9 Å². The number of sulfonamides is 1. The topological polar surface area (TPSA) is 99.3 Å². The monoisotopic (exact) mass is 391 g/mol. The van der Waals surface area contributed by atoms with E-state index < -0.39 is 10.0 Å². The molecule has 0 saturated carbocycles. The van der Waals surface area contributed by atoms with Crippen molar-refractivity contribution in [1.82, 2.24) is 24.4 Å². The van der Waals surface area contributed by atoms with E-state index in [2.05, 4.69) is 15.2 Å². The van der Waals surface area contributed by atoms with Gasteiger partial charge in [-0.2, -0.15) is 9.40 Å². The van der Waals surface area contributed by atoms with Gasteiger partial charge < -0.3 is 4.90 Å². The van der Waals surface area contributed by atoms with Crippen LogP contribution in [0.15, 0.2) is 29.4 Å². The number of piperidine rings is 1. The fraction of sp³-hybridized carbons (Fsp3) is 0.500. The minimum Gasteiger partial charge on any atom is -0.338 e. The molecule has 0 atom stereocenters. The molecule has 1 fully saturated rings. The first kappa shape index (κ1) is 19.5. The summed E-state index contributed by atoms with van der Waals surface area (Å²) in [7, 11) is -1.80. The number of carbonyl (C=O) groups excluding carboxylic acids is 1. The Morgan fingerprint density at radius 2 is 1.96 bits per heavy atom. The van der Waals surface area contributed by atoms with Crippen molar-refractivity contribution in [2.75, 3.05) is 20.1 Å². The molecule has 0 bridgehead atoms. The molecule has 0 aliphatic carbocycles. The first-order valence-electron chi connectivity index (χ1n) is 8.95. The maximum Gasteiger partial charge on any atom is 0.243 e. The van der Waals surface area contributed by atoms with Crippen LogP contribution in [-0.4, -0.2) is 58.8 Å². The largest absolute Gasteiger partial charge is 0.338 e. The molecule has 2 heterocycles. The van der Waals surface area contributed by atoms with Crippen LogP contribution in [-0.2, 0) is 21.4 Å². The maximum absolute atomic E-state index is 12.9. The summed E-state index contributed by atoms with van der Waals surface area (Å²) < 4.78 is 27.3. The summed E-state index contributed by atoms with van der Waals surface area (Å²) in [5, 5.41) is 6.51. The highest BCUT2D eigenvalue weighted by atomic mass is 32.2. The molecular formula is C18H25N5O3S. The van der Waals surface area contributed by atoms with E-state index in [1.807, 2.05) is 19.9 Å². The van der Waals surface area contributed by atoms with Crippen LogP contribution >= 0.6 is 0 Å². The summed E-state index contributed by atoms with van der Waals surface area (Å²) in [5.41, 5.74) is 2.02. The maximum atomic E-state index is 12.9. The van der Waals surface area contributed by atoms with Gasteiger partial charge in [0.05, 0.1) is 11.4 Å². The number of carbonyl (C=O) groups is 1. The third kappa shape index (κ3) is 4.19. The highest BCUT2D eigenvalue weighted by molar-refractivity contribution is 7.89. The molecule has 8 nitrogen and oxygen atoms in total. The van der Waals surface area contributed by atoms with Gasteiger partial charge in [-0.25, -0.2) is 13.4 Å². The average molecular weight is 391 g/mol. The number of hydrogen-bond acceptors (Lipinski definition) is 5. The van der Waals surface area contributed by atoms with E-state index in [9.17, 15) is 13.2 Å². The van der Waals surface area contributed by atoms with E-state index in [1.165, 1.54) is 10.6 Å². The van der Waals surface area contributed by atoms with Crippen molar-refractivity contribution in [2.24, 2.45) is 5.92 Å². The standard InChI is InChI=1S/C18H25N5O3S/c1-13-4-5-16(10-14(13)2)27(25,26)23-8-6-15(7-9-23)18(24)22(3)11-17-19-12-20-21-17/h4-5,10,12,15H,6-9,11H2,1-3H3,(H,19,20,21). The number of aryl methyl sites for hydroxylation is 2. The molecule has 1 N–H and O–H groups in total. The Morgan fingerprint density at radius 1 is 1.26 bits per heavy atom.